The fourth-order valence-electron chi connectivity index (χ4n) is 5.82. The summed E-state index contributed by atoms with van der Waals surface area (Å²) in [6.45, 7) is 4.83. The molecule has 11 nitrogen and oxygen atoms in total. The number of halogens is 2. The van der Waals surface area contributed by atoms with Crippen LogP contribution in [0.5, 0.6) is 5.88 Å². The van der Waals surface area contributed by atoms with Crippen LogP contribution in [0.25, 0.3) is 39.2 Å². The van der Waals surface area contributed by atoms with Crippen molar-refractivity contribution in [2.75, 3.05) is 25.6 Å². The van der Waals surface area contributed by atoms with E-state index in [1.165, 1.54) is 22.5 Å². The van der Waals surface area contributed by atoms with Crippen LogP contribution in [0.1, 0.15) is 18.4 Å². The zero-order chi connectivity index (χ0) is 34.8. The molecular weight excluding hydrogens is 665 g/mol. The van der Waals surface area contributed by atoms with Crippen LogP contribution < -0.4 is 31.6 Å². The molecule has 0 unspecified atom stereocenters. The van der Waals surface area contributed by atoms with Gasteiger partial charge < -0.3 is 26.0 Å². The zero-order valence-corrected chi connectivity index (χ0v) is 28.3. The second-order valence-electron chi connectivity index (χ2n) is 11.6. The zero-order valence-electron chi connectivity index (χ0n) is 26.8. The van der Waals surface area contributed by atoms with Gasteiger partial charge in [-0.05, 0) is 30.2 Å². The van der Waals surface area contributed by atoms with Crippen LogP contribution in [-0.2, 0) is 16.1 Å². The van der Waals surface area contributed by atoms with E-state index in [1.807, 2.05) is 48.5 Å². The highest BCUT2D eigenvalue weighted by Crippen LogP contribution is 2.42. The maximum atomic E-state index is 13.2. The Morgan fingerprint density at radius 1 is 1.08 bits per heavy atom. The largest absolute Gasteiger partial charge is 0.481 e. The number of aromatic nitrogens is 3. The molecule has 1 saturated heterocycles. The molecule has 5 aromatic rings. The molecule has 4 N–H and O–H groups in total. The van der Waals surface area contributed by atoms with Crippen molar-refractivity contribution in [3.8, 4) is 39.4 Å². The van der Waals surface area contributed by atoms with Crippen molar-refractivity contribution in [2.24, 2.45) is 5.73 Å². The number of methoxy groups -OCH3 is 1. The Hall–Kier alpha value is -5.23. The second kappa shape index (κ2) is 14.1. The number of benzene rings is 2. The van der Waals surface area contributed by atoms with E-state index in [-0.39, 0.29) is 23.3 Å². The Balaban J connectivity index is 1.28. The van der Waals surface area contributed by atoms with Crippen LogP contribution in [0, 0.1) is 0 Å². The van der Waals surface area contributed by atoms with Crippen molar-refractivity contribution >= 4 is 46.4 Å². The van der Waals surface area contributed by atoms with Crippen LogP contribution in [-0.4, -0.2) is 52.9 Å². The molecule has 49 heavy (non-hydrogen) atoms. The number of hydrogen-bond donors (Lipinski definition) is 3. The maximum absolute atomic E-state index is 13.2. The first-order valence-electron chi connectivity index (χ1n) is 15.4. The molecule has 2 aromatic carbocycles. The van der Waals surface area contributed by atoms with Crippen molar-refractivity contribution < 1.29 is 14.3 Å². The smallest absolute Gasteiger partial charge is 0.281 e. The number of nitrogens with zero attached hydrogens (tertiary/aromatic N) is 4. The molecule has 0 aliphatic carbocycles. The van der Waals surface area contributed by atoms with E-state index in [1.54, 1.807) is 25.4 Å². The number of amides is 2. The van der Waals surface area contributed by atoms with Gasteiger partial charge in [0, 0.05) is 66.6 Å². The number of likely N-dealkylation sites (N-methyl/N-ethyl adjacent to an activating group) is 1. The van der Waals surface area contributed by atoms with Crippen LogP contribution in [0.15, 0.2) is 90.1 Å². The molecule has 1 aliphatic heterocycles. The third-order valence-electron chi connectivity index (χ3n) is 8.54. The Morgan fingerprint density at radius 3 is 2.45 bits per heavy atom. The number of carbonyl (C=O) groups excluding carboxylic acids is 2. The van der Waals surface area contributed by atoms with Crippen molar-refractivity contribution in [3.63, 3.8) is 0 Å². The van der Waals surface area contributed by atoms with Gasteiger partial charge in [0.05, 0.1) is 34.7 Å². The number of ether oxygens (including phenoxy) is 1. The van der Waals surface area contributed by atoms with Gasteiger partial charge >= 0.3 is 0 Å². The molecule has 2 amide bonds. The van der Waals surface area contributed by atoms with Gasteiger partial charge in [-0.1, -0.05) is 72.2 Å². The van der Waals surface area contributed by atoms with Gasteiger partial charge in [0.2, 0.25) is 11.8 Å². The minimum atomic E-state index is -0.742. The summed E-state index contributed by atoms with van der Waals surface area (Å²) in [5.41, 5.74) is 10.6. The minimum Gasteiger partial charge on any atom is -0.481 e. The topological polar surface area (TPSA) is 144 Å². The predicted octanol–water partition coefficient (Wildman–Crippen LogP) is 5.21. The Morgan fingerprint density at radius 2 is 1.78 bits per heavy atom. The Kier molecular flexibility index (Phi) is 9.68. The lowest BCUT2D eigenvalue weighted by Gasteiger charge is -2.18. The second-order valence-corrected chi connectivity index (χ2v) is 12.4. The van der Waals surface area contributed by atoms with E-state index in [2.05, 4.69) is 22.2 Å². The number of fused-ring (bicyclic) bond motifs is 1. The molecule has 1 aliphatic rings. The molecule has 6 rings (SSSR count). The quantitative estimate of drug-likeness (QED) is 0.160. The molecule has 0 saturated carbocycles. The molecule has 0 bridgehead atoms. The fourth-order valence-corrected chi connectivity index (χ4v) is 6.48. The summed E-state index contributed by atoms with van der Waals surface area (Å²) in [6.07, 6.45) is 4.36. The summed E-state index contributed by atoms with van der Waals surface area (Å²) < 4.78 is 7.00. The van der Waals surface area contributed by atoms with Crippen molar-refractivity contribution in [1.29, 1.82) is 0 Å². The van der Waals surface area contributed by atoms with Crippen molar-refractivity contribution in [2.45, 2.75) is 25.4 Å². The lowest BCUT2D eigenvalue weighted by atomic mass is 9.97. The lowest BCUT2D eigenvalue weighted by Crippen LogP contribution is -2.35. The highest BCUT2D eigenvalue weighted by molar-refractivity contribution is 6.39. The number of pyridine rings is 2. The molecule has 0 spiro atoms. The average molecular weight is 699 g/mol. The first-order chi connectivity index (χ1) is 23.6. The molecule has 1 atom stereocenters. The summed E-state index contributed by atoms with van der Waals surface area (Å²) in [6, 6.07) is 18.8. The van der Waals surface area contributed by atoms with E-state index < -0.39 is 11.5 Å². The average Bonchev–Trinajstić information content (AvgIpc) is 3.52. The van der Waals surface area contributed by atoms with Gasteiger partial charge in [0.25, 0.3) is 11.5 Å². The van der Waals surface area contributed by atoms with E-state index in [4.69, 9.17) is 38.7 Å². The molecule has 13 heteroatoms. The minimum absolute atomic E-state index is 0.0331. The summed E-state index contributed by atoms with van der Waals surface area (Å²) in [5, 5.41) is 7.27. The summed E-state index contributed by atoms with van der Waals surface area (Å²) >= 11 is 14.1. The fraction of sp³-hybridized carbons (Fsp3) is 0.194. The monoisotopic (exact) mass is 697 g/mol. The summed E-state index contributed by atoms with van der Waals surface area (Å²) in [7, 11) is 3.10. The first kappa shape index (κ1) is 33.7. The first-order valence-corrected chi connectivity index (χ1v) is 16.2. The van der Waals surface area contributed by atoms with Crippen LogP contribution in [0.4, 0.5) is 5.69 Å². The van der Waals surface area contributed by atoms with Crippen LogP contribution in [0.3, 0.4) is 0 Å². The number of primary amides is 1. The predicted molar refractivity (Wildman–Crippen MR) is 192 cm³/mol. The van der Waals surface area contributed by atoms with E-state index >= 15 is 0 Å². The standard InChI is InChI=1S/C36H33Cl2N7O4/c1-20(34(39)47)44(2)29-19-41-30-16-21(14-15-45(30)36(29)48)24-6-4-7-25(32(24)37)26-8-5-9-27(33(26)38)28-12-10-22(35(43-28)49-3)17-40-18-23-11-13-31(46)42-23/h4-10,12,14-16,19,23,40H,1,11,13,17-18H2,2-3H3,(H2,39,47)(H,42,46)/t23-/m0/s1. The lowest BCUT2D eigenvalue weighted by molar-refractivity contribution is -0.119. The molecule has 4 heterocycles. The number of nitrogens with two attached hydrogens (primary N) is 1. The number of rotatable bonds is 11. The Labute approximate surface area is 292 Å². The summed E-state index contributed by atoms with van der Waals surface area (Å²) in [5.74, 6) is -0.183. The molecule has 250 valence electrons. The maximum Gasteiger partial charge on any atom is 0.281 e. The van der Waals surface area contributed by atoms with Gasteiger partial charge in [-0.3, -0.25) is 18.8 Å². The molecule has 3 aromatic heterocycles. The van der Waals surface area contributed by atoms with Crippen LogP contribution >= 0.6 is 23.2 Å². The Bertz CT molecular complexity index is 2190. The van der Waals surface area contributed by atoms with Gasteiger partial charge in [0.1, 0.15) is 11.3 Å². The summed E-state index contributed by atoms with van der Waals surface area (Å²) in [4.78, 5) is 46.8. The van der Waals surface area contributed by atoms with Gasteiger partial charge in [-0.15, -0.1) is 0 Å². The highest BCUT2D eigenvalue weighted by Gasteiger charge is 2.21. The van der Waals surface area contributed by atoms with Crippen LogP contribution in [0.2, 0.25) is 10.0 Å². The van der Waals surface area contributed by atoms with Gasteiger partial charge in [-0.2, -0.15) is 0 Å². The highest BCUT2D eigenvalue weighted by atomic mass is 35.5. The third-order valence-corrected chi connectivity index (χ3v) is 9.35. The van der Waals surface area contributed by atoms with Gasteiger partial charge in [-0.25, -0.2) is 9.97 Å². The third kappa shape index (κ3) is 6.73. The number of nitrogens with one attached hydrogen (secondary N) is 2. The molecular formula is C36H33Cl2N7O4. The van der Waals surface area contributed by atoms with Crippen molar-refractivity contribution in [1.82, 2.24) is 25.0 Å². The number of anilines is 1. The van der Waals surface area contributed by atoms with Gasteiger partial charge in [0.15, 0.2) is 0 Å². The number of hydrogen-bond acceptors (Lipinski definition) is 8. The number of carbonyl (C=O) groups is 2. The molecule has 0 radical (unpaired) electrons. The van der Waals surface area contributed by atoms with Crippen molar-refractivity contribution in [3.05, 3.63) is 111 Å². The van der Waals surface area contributed by atoms with E-state index in [0.29, 0.717) is 63.5 Å². The molecule has 1 fully saturated rings. The van der Waals surface area contributed by atoms with E-state index in [0.717, 1.165) is 23.1 Å². The normalized spacial score (nSPS) is 14.1. The SMILES string of the molecule is C=C(C(N)=O)N(C)c1cnc2cc(-c3cccc(-c4cccc(-c5ccc(CNC[C@@H]6CCC(=O)N6)c(OC)n5)c4Cl)c3Cl)ccn2c1=O. The van der Waals surface area contributed by atoms with E-state index in [9.17, 15) is 14.4 Å².